The highest BCUT2D eigenvalue weighted by Crippen LogP contribution is 2.45. The number of aliphatic hydroxyl groups is 2. The van der Waals surface area contributed by atoms with E-state index < -0.39 is 40.5 Å². The first kappa shape index (κ1) is 24.7. The van der Waals surface area contributed by atoms with E-state index in [0.717, 1.165) is 18.2 Å². The van der Waals surface area contributed by atoms with E-state index in [0.29, 0.717) is 5.56 Å². The number of allylic oxidation sites excluding steroid dienone is 2. The van der Waals surface area contributed by atoms with Gasteiger partial charge in [-0.3, -0.25) is 9.59 Å². The van der Waals surface area contributed by atoms with Gasteiger partial charge in [0.05, 0.1) is 17.1 Å². The second-order valence-electron chi connectivity index (χ2n) is 9.36. The van der Waals surface area contributed by atoms with E-state index in [1.54, 1.807) is 0 Å². The molecule has 1 aliphatic heterocycles. The van der Waals surface area contributed by atoms with Crippen LogP contribution in [0.4, 0.5) is 0 Å². The maximum Gasteiger partial charge on any atom is 0.201 e. The highest BCUT2D eigenvalue weighted by atomic mass is 16.5. The fourth-order valence-electron chi connectivity index (χ4n) is 5.02. The van der Waals surface area contributed by atoms with Gasteiger partial charge >= 0.3 is 0 Å². The van der Waals surface area contributed by atoms with E-state index in [2.05, 4.69) is 0 Å². The SMILES string of the molecule is O=C1C=C(O)C2=C(O)C=C(c3ccc(O)cc3)OC2C1c1c(-c2ccc(O)cc2)oc2cc(O)cc(O)c2c1=O. The molecule has 10 heteroatoms. The molecule has 1 aliphatic carbocycles. The number of aromatic hydroxyl groups is 4. The van der Waals surface area contributed by atoms with Crippen LogP contribution in [-0.2, 0) is 9.53 Å². The monoisotopic (exact) mass is 540 g/mol. The van der Waals surface area contributed by atoms with Crippen LogP contribution in [0.2, 0.25) is 0 Å². The minimum atomic E-state index is -1.47. The maximum atomic E-state index is 14.0. The average molecular weight is 540 g/mol. The molecule has 0 fully saturated rings. The van der Waals surface area contributed by atoms with Gasteiger partial charge in [0.25, 0.3) is 0 Å². The molecule has 0 saturated carbocycles. The van der Waals surface area contributed by atoms with Gasteiger partial charge in [-0.15, -0.1) is 0 Å². The molecule has 1 aromatic heterocycles. The molecule has 0 spiro atoms. The number of carbonyl (C=O) groups excluding carboxylic acids is 1. The fraction of sp³-hybridized carbons (Fsp3) is 0.0667. The third-order valence-corrected chi connectivity index (χ3v) is 6.83. The normalized spacial score (nSPS) is 18.6. The van der Waals surface area contributed by atoms with E-state index in [4.69, 9.17) is 9.15 Å². The number of phenols is 4. The Morgan fingerprint density at radius 3 is 1.98 bits per heavy atom. The van der Waals surface area contributed by atoms with E-state index in [1.165, 1.54) is 54.6 Å². The van der Waals surface area contributed by atoms with Gasteiger partial charge in [0.2, 0.25) is 5.43 Å². The van der Waals surface area contributed by atoms with Crippen LogP contribution < -0.4 is 5.43 Å². The van der Waals surface area contributed by atoms with Crippen molar-refractivity contribution in [2.24, 2.45) is 0 Å². The summed E-state index contributed by atoms with van der Waals surface area (Å²) in [6.45, 7) is 0. The van der Waals surface area contributed by atoms with Crippen LogP contribution in [-0.4, -0.2) is 42.5 Å². The number of fused-ring (bicyclic) bond motifs is 2. The first-order valence-corrected chi connectivity index (χ1v) is 12.0. The van der Waals surface area contributed by atoms with Crippen molar-refractivity contribution in [2.45, 2.75) is 12.0 Å². The highest BCUT2D eigenvalue weighted by Gasteiger charge is 2.46. The van der Waals surface area contributed by atoms with Gasteiger partial charge in [-0.25, -0.2) is 0 Å². The number of aliphatic hydroxyl groups excluding tert-OH is 2. The largest absolute Gasteiger partial charge is 0.508 e. The Kier molecular flexibility index (Phi) is 5.54. The standard InChI is InChI=1S/C30H20O10/c31-15-5-1-13(2-6-15)22-12-21(37)24-19(35)11-20(36)26(30(24)39-22)27-28(38)25-18(34)9-17(33)10-23(25)40-29(27)14-3-7-16(32)8-4-14/h1-12,26,30-35,37H. The number of hydrogen-bond donors (Lipinski definition) is 6. The molecule has 0 bridgehead atoms. The van der Waals surface area contributed by atoms with E-state index in [-0.39, 0.29) is 56.4 Å². The third-order valence-electron chi connectivity index (χ3n) is 6.83. The number of ketones is 1. The summed E-state index contributed by atoms with van der Waals surface area (Å²) < 4.78 is 12.1. The molecule has 0 amide bonds. The summed E-state index contributed by atoms with van der Waals surface area (Å²) in [5.41, 5.74) is -0.641. The third kappa shape index (κ3) is 3.90. The Bertz CT molecular complexity index is 1860. The zero-order valence-corrected chi connectivity index (χ0v) is 20.4. The molecule has 200 valence electrons. The molecule has 2 heterocycles. The number of phenolic OH excluding ortho intramolecular Hbond substituents is 4. The van der Waals surface area contributed by atoms with Crippen molar-refractivity contribution >= 4 is 22.5 Å². The minimum Gasteiger partial charge on any atom is -0.508 e. The molecule has 40 heavy (non-hydrogen) atoms. The Morgan fingerprint density at radius 1 is 0.700 bits per heavy atom. The van der Waals surface area contributed by atoms with Crippen LogP contribution in [0.15, 0.2) is 99.1 Å². The van der Waals surface area contributed by atoms with Crippen LogP contribution in [0.1, 0.15) is 17.0 Å². The molecule has 6 rings (SSSR count). The van der Waals surface area contributed by atoms with E-state index >= 15 is 0 Å². The van der Waals surface area contributed by atoms with Crippen LogP contribution in [0, 0.1) is 0 Å². The van der Waals surface area contributed by atoms with Crippen molar-refractivity contribution < 1.29 is 44.6 Å². The number of ether oxygens (including phenoxy) is 1. The second kappa shape index (κ2) is 8.98. The molecule has 0 saturated heterocycles. The Hall–Kier alpha value is -5.64. The van der Waals surface area contributed by atoms with E-state index in [1.807, 2.05) is 0 Å². The van der Waals surface area contributed by atoms with Crippen molar-refractivity contribution in [2.75, 3.05) is 0 Å². The zero-order chi connectivity index (χ0) is 28.3. The average Bonchev–Trinajstić information content (AvgIpc) is 2.89. The molecular weight excluding hydrogens is 520 g/mol. The summed E-state index contributed by atoms with van der Waals surface area (Å²) in [5.74, 6) is -4.21. The summed E-state index contributed by atoms with van der Waals surface area (Å²) in [6, 6.07) is 13.5. The lowest BCUT2D eigenvalue weighted by Crippen LogP contribution is -2.39. The van der Waals surface area contributed by atoms with Crippen molar-refractivity contribution in [1.29, 1.82) is 0 Å². The smallest absolute Gasteiger partial charge is 0.201 e. The van der Waals surface area contributed by atoms with Gasteiger partial charge in [-0.05, 0) is 48.5 Å². The first-order chi connectivity index (χ1) is 19.1. The summed E-state index contributed by atoms with van der Waals surface area (Å²) in [4.78, 5) is 27.6. The Morgan fingerprint density at radius 2 is 1.32 bits per heavy atom. The predicted octanol–water partition coefficient (Wildman–Crippen LogP) is 4.64. The predicted molar refractivity (Wildman–Crippen MR) is 142 cm³/mol. The number of benzene rings is 3. The number of rotatable bonds is 3. The molecule has 2 unspecified atom stereocenters. The van der Waals surface area contributed by atoms with Crippen molar-refractivity contribution in [3.05, 3.63) is 111 Å². The lowest BCUT2D eigenvalue weighted by atomic mass is 9.77. The summed E-state index contributed by atoms with van der Waals surface area (Å²) in [7, 11) is 0. The molecular formula is C30H20O10. The summed E-state index contributed by atoms with van der Waals surface area (Å²) >= 11 is 0. The minimum absolute atomic E-state index is 0.00920. The van der Waals surface area contributed by atoms with Crippen LogP contribution in [0.3, 0.4) is 0 Å². The summed E-state index contributed by atoms with van der Waals surface area (Å²) in [6.07, 6.45) is 0.714. The van der Waals surface area contributed by atoms with Gasteiger partial charge in [-0.2, -0.15) is 0 Å². The van der Waals surface area contributed by atoms with Crippen LogP contribution in [0.5, 0.6) is 23.0 Å². The molecule has 4 aromatic rings. The second-order valence-corrected chi connectivity index (χ2v) is 9.36. The van der Waals surface area contributed by atoms with Crippen molar-refractivity contribution in [3.63, 3.8) is 0 Å². The molecule has 3 aromatic carbocycles. The fourth-order valence-corrected chi connectivity index (χ4v) is 5.02. The van der Waals surface area contributed by atoms with Gasteiger partial charge in [0.1, 0.15) is 63.1 Å². The molecule has 6 N–H and O–H groups in total. The highest BCUT2D eigenvalue weighted by molar-refractivity contribution is 6.01. The van der Waals surface area contributed by atoms with Gasteiger partial charge in [0.15, 0.2) is 5.78 Å². The van der Waals surface area contributed by atoms with E-state index in [9.17, 15) is 40.2 Å². The lowest BCUT2D eigenvalue weighted by Gasteiger charge is -2.35. The Balaban J connectivity index is 1.62. The topological polar surface area (TPSA) is 178 Å². The van der Waals surface area contributed by atoms with Crippen molar-refractivity contribution in [3.8, 4) is 34.3 Å². The van der Waals surface area contributed by atoms with Gasteiger partial charge < -0.3 is 39.8 Å². The number of hydrogen-bond acceptors (Lipinski definition) is 10. The van der Waals surface area contributed by atoms with Crippen LogP contribution in [0.25, 0.3) is 28.1 Å². The number of carbonyl (C=O) groups is 1. The zero-order valence-electron chi connectivity index (χ0n) is 20.4. The lowest BCUT2D eigenvalue weighted by molar-refractivity contribution is -0.118. The quantitative estimate of drug-likeness (QED) is 0.214. The molecule has 2 atom stereocenters. The summed E-state index contributed by atoms with van der Waals surface area (Å²) in [5, 5.41) is 61.3. The molecule has 2 aliphatic rings. The van der Waals surface area contributed by atoms with Crippen LogP contribution >= 0.6 is 0 Å². The molecule has 0 radical (unpaired) electrons. The first-order valence-electron chi connectivity index (χ1n) is 12.0. The molecule has 10 nitrogen and oxygen atoms in total. The van der Waals surface area contributed by atoms with Crippen molar-refractivity contribution in [1.82, 2.24) is 0 Å². The maximum absolute atomic E-state index is 14.0. The van der Waals surface area contributed by atoms with Gasteiger partial charge in [-0.1, -0.05) is 0 Å². The van der Waals surface area contributed by atoms with Gasteiger partial charge in [0, 0.05) is 35.4 Å². The Labute approximate surface area is 224 Å².